The number of hydrogen-bond acceptors (Lipinski definition) is 4. The molecule has 0 saturated carbocycles. The van der Waals surface area contributed by atoms with Gasteiger partial charge in [0.15, 0.2) is 5.43 Å². The molecule has 0 spiro atoms. The lowest BCUT2D eigenvalue weighted by Crippen LogP contribution is -2.19. The van der Waals surface area contributed by atoms with Crippen LogP contribution in [0, 0.1) is 0 Å². The summed E-state index contributed by atoms with van der Waals surface area (Å²) in [5, 5.41) is 21.2. The van der Waals surface area contributed by atoms with E-state index in [-0.39, 0.29) is 11.2 Å². The Labute approximate surface area is 119 Å². The van der Waals surface area contributed by atoms with E-state index < -0.39 is 5.60 Å². The number of fused-ring (bicyclic) bond motifs is 2. The molecule has 0 radical (unpaired) electrons. The van der Waals surface area contributed by atoms with Crippen LogP contribution in [0.2, 0.25) is 0 Å². The largest absolute Gasteiger partial charge is 0.508 e. The first-order valence-electron chi connectivity index (χ1n) is 6.29. The lowest BCUT2D eigenvalue weighted by atomic mass is 9.94. The van der Waals surface area contributed by atoms with Crippen molar-refractivity contribution in [1.82, 2.24) is 0 Å². The summed E-state index contributed by atoms with van der Waals surface area (Å²) in [5.74, 6) is 0.0561. The second-order valence-electron chi connectivity index (χ2n) is 5.35. The minimum Gasteiger partial charge on any atom is -0.508 e. The maximum Gasteiger partial charge on any atom is 0.196 e. The van der Waals surface area contributed by atoms with E-state index >= 15 is 0 Å². The van der Waals surface area contributed by atoms with E-state index in [1.807, 2.05) is 18.2 Å². The fraction of sp³-hybridized carbons (Fsp3) is 0.188. The zero-order valence-corrected chi connectivity index (χ0v) is 12.0. The molecule has 4 heteroatoms. The van der Waals surface area contributed by atoms with Crippen LogP contribution < -0.4 is 5.43 Å². The Morgan fingerprint density at radius 2 is 1.80 bits per heavy atom. The summed E-state index contributed by atoms with van der Waals surface area (Å²) in [6, 6.07) is 10.4. The zero-order chi connectivity index (χ0) is 14.5. The van der Waals surface area contributed by atoms with Crippen LogP contribution in [0.15, 0.2) is 41.2 Å². The molecule has 3 rings (SSSR count). The Hall–Kier alpha value is -1.91. The summed E-state index contributed by atoms with van der Waals surface area (Å²) in [7, 11) is 0. The van der Waals surface area contributed by atoms with Gasteiger partial charge in [-0.25, -0.2) is 0 Å². The zero-order valence-electron chi connectivity index (χ0n) is 11.2. The van der Waals surface area contributed by atoms with Crippen LogP contribution in [-0.2, 0) is 5.60 Å². The summed E-state index contributed by atoms with van der Waals surface area (Å²) in [4.78, 5) is 12.7. The van der Waals surface area contributed by atoms with E-state index in [0.717, 1.165) is 4.70 Å². The minimum absolute atomic E-state index is 0.0561. The highest BCUT2D eigenvalue weighted by Crippen LogP contribution is 2.34. The molecular weight excluding hydrogens is 272 g/mol. The average molecular weight is 286 g/mol. The molecule has 3 nitrogen and oxygen atoms in total. The van der Waals surface area contributed by atoms with Gasteiger partial charge in [0.05, 0.1) is 5.60 Å². The van der Waals surface area contributed by atoms with Crippen molar-refractivity contribution in [1.29, 1.82) is 0 Å². The fourth-order valence-corrected chi connectivity index (χ4v) is 3.53. The first-order chi connectivity index (χ1) is 9.38. The van der Waals surface area contributed by atoms with Gasteiger partial charge in [0.2, 0.25) is 0 Å². The molecule has 0 amide bonds. The van der Waals surface area contributed by atoms with E-state index in [4.69, 9.17) is 0 Å². The average Bonchev–Trinajstić information content (AvgIpc) is 2.36. The van der Waals surface area contributed by atoms with Crippen molar-refractivity contribution in [3.8, 4) is 5.75 Å². The molecule has 1 aromatic heterocycles. The van der Waals surface area contributed by atoms with Crippen LogP contribution >= 0.6 is 11.3 Å². The molecular formula is C16H14O3S. The second-order valence-corrected chi connectivity index (χ2v) is 6.44. The van der Waals surface area contributed by atoms with E-state index in [0.29, 0.717) is 21.0 Å². The van der Waals surface area contributed by atoms with E-state index in [2.05, 4.69) is 0 Å². The van der Waals surface area contributed by atoms with Crippen LogP contribution in [-0.4, -0.2) is 10.2 Å². The highest BCUT2D eigenvalue weighted by atomic mass is 32.1. The molecule has 0 fully saturated rings. The predicted octanol–water partition coefficient (Wildman–Crippen LogP) is 3.35. The highest BCUT2D eigenvalue weighted by Gasteiger charge is 2.22. The van der Waals surface area contributed by atoms with Gasteiger partial charge >= 0.3 is 0 Å². The Bertz CT molecular complexity index is 872. The molecule has 0 aliphatic heterocycles. The van der Waals surface area contributed by atoms with Gasteiger partial charge in [0.25, 0.3) is 0 Å². The van der Waals surface area contributed by atoms with Crippen molar-refractivity contribution in [2.45, 2.75) is 19.4 Å². The summed E-state index contributed by atoms with van der Waals surface area (Å²) in [6.07, 6.45) is 0. The number of hydrogen-bond donors (Lipinski definition) is 2. The van der Waals surface area contributed by atoms with Crippen molar-refractivity contribution < 1.29 is 10.2 Å². The van der Waals surface area contributed by atoms with Gasteiger partial charge in [-0.05, 0) is 43.7 Å². The normalized spacial score (nSPS) is 12.2. The third-order valence-electron chi connectivity index (χ3n) is 3.32. The number of phenols is 1. The third-order valence-corrected chi connectivity index (χ3v) is 4.44. The molecule has 1 heterocycles. The Kier molecular flexibility index (Phi) is 2.81. The van der Waals surface area contributed by atoms with Crippen LogP contribution in [0.4, 0.5) is 0 Å². The number of rotatable bonds is 1. The van der Waals surface area contributed by atoms with Gasteiger partial charge in [-0.3, -0.25) is 4.79 Å². The number of benzene rings is 2. The number of aliphatic hydroxyl groups is 1. The quantitative estimate of drug-likeness (QED) is 0.674. The molecule has 3 aromatic rings. The molecule has 102 valence electrons. The summed E-state index contributed by atoms with van der Waals surface area (Å²) in [6.45, 7) is 3.22. The van der Waals surface area contributed by atoms with Crippen LogP contribution in [0.25, 0.3) is 20.2 Å². The lowest BCUT2D eigenvalue weighted by molar-refractivity contribution is 0.0799. The molecule has 0 atom stereocenters. The van der Waals surface area contributed by atoms with Crippen molar-refractivity contribution in [3.05, 3.63) is 52.2 Å². The molecule has 2 aromatic carbocycles. The molecule has 0 bridgehead atoms. The predicted molar refractivity (Wildman–Crippen MR) is 82.5 cm³/mol. The van der Waals surface area contributed by atoms with Crippen LogP contribution in [0.5, 0.6) is 5.75 Å². The Morgan fingerprint density at radius 3 is 2.50 bits per heavy atom. The lowest BCUT2D eigenvalue weighted by Gasteiger charge is -2.20. The number of aromatic hydroxyl groups is 1. The standard InChI is InChI=1S/C16H14O3S/c1-16(2,19)11-7-9(17)8-13-14(11)15(18)10-5-3-4-6-12(10)20-13/h3-8,17,19H,1-2H3. The van der Waals surface area contributed by atoms with Crippen molar-refractivity contribution in [2.24, 2.45) is 0 Å². The van der Waals surface area contributed by atoms with Crippen LogP contribution in [0.1, 0.15) is 19.4 Å². The van der Waals surface area contributed by atoms with Crippen molar-refractivity contribution >= 4 is 31.5 Å². The van der Waals surface area contributed by atoms with Crippen molar-refractivity contribution in [2.75, 3.05) is 0 Å². The Balaban J connectivity index is 2.59. The van der Waals surface area contributed by atoms with Crippen LogP contribution in [0.3, 0.4) is 0 Å². The molecule has 0 saturated heterocycles. The SMILES string of the molecule is CC(C)(O)c1cc(O)cc2sc3ccccc3c(=O)c12. The van der Waals surface area contributed by atoms with Gasteiger partial charge in [0.1, 0.15) is 5.75 Å². The molecule has 0 unspecified atom stereocenters. The van der Waals surface area contributed by atoms with Crippen molar-refractivity contribution in [3.63, 3.8) is 0 Å². The first kappa shape index (κ1) is 13.1. The maximum atomic E-state index is 12.7. The summed E-state index contributed by atoms with van der Waals surface area (Å²) in [5.41, 5.74) is -0.836. The minimum atomic E-state index is -1.19. The van der Waals surface area contributed by atoms with Gasteiger partial charge in [-0.1, -0.05) is 12.1 Å². The van der Waals surface area contributed by atoms with Gasteiger partial charge in [-0.2, -0.15) is 0 Å². The number of phenolic OH excluding ortho intramolecular Hbond substituents is 1. The van der Waals surface area contributed by atoms with E-state index in [1.54, 1.807) is 26.0 Å². The van der Waals surface area contributed by atoms with E-state index in [9.17, 15) is 15.0 Å². The first-order valence-corrected chi connectivity index (χ1v) is 7.11. The smallest absolute Gasteiger partial charge is 0.196 e. The Morgan fingerprint density at radius 1 is 1.10 bits per heavy atom. The fourth-order valence-electron chi connectivity index (χ4n) is 2.39. The maximum absolute atomic E-state index is 12.7. The highest BCUT2D eigenvalue weighted by molar-refractivity contribution is 7.24. The third kappa shape index (κ3) is 1.97. The molecule has 0 aliphatic carbocycles. The summed E-state index contributed by atoms with van der Waals surface area (Å²) >= 11 is 1.44. The van der Waals surface area contributed by atoms with Gasteiger partial charge in [-0.15, -0.1) is 11.3 Å². The second kappa shape index (κ2) is 4.30. The molecule has 0 aliphatic rings. The molecule has 2 N–H and O–H groups in total. The van der Waals surface area contributed by atoms with Gasteiger partial charge in [0, 0.05) is 20.2 Å². The van der Waals surface area contributed by atoms with Gasteiger partial charge < -0.3 is 10.2 Å². The monoisotopic (exact) mass is 286 g/mol. The van der Waals surface area contributed by atoms with E-state index in [1.165, 1.54) is 17.4 Å². The topological polar surface area (TPSA) is 57.5 Å². The summed E-state index contributed by atoms with van der Waals surface area (Å²) < 4.78 is 1.56. The molecule has 20 heavy (non-hydrogen) atoms.